The van der Waals surface area contributed by atoms with E-state index in [1.165, 1.54) is 0 Å². The topological polar surface area (TPSA) is 96.4 Å². The summed E-state index contributed by atoms with van der Waals surface area (Å²) in [6.07, 6.45) is 6.47. The van der Waals surface area contributed by atoms with Crippen molar-refractivity contribution in [1.29, 1.82) is 0 Å². The normalized spacial score (nSPS) is 34.0. The van der Waals surface area contributed by atoms with Gasteiger partial charge in [0.25, 0.3) is 0 Å². The van der Waals surface area contributed by atoms with Gasteiger partial charge in [-0.1, -0.05) is 32.4 Å². The number of rotatable bonds is 13. The molecule has 8 heteroatoms. The maximum absolute atomic E-state index is 14.2. The molecule has 7 atom stereocenters. The third kappa shape index (κ3) is 4.44. The molecule has 0 aromatic heterocycles. The van der Waals surface area contributed by atoms with Gasteiger partial charge in [0.1, 0.15) is 17.6 Å². The Morgan fingerprint density at radius 3 is 2.69 bits per heavy atom. The molecule has 3 fully saturated rings. The molecule has 0 saturated carbocycles. The molecule has 1 spiro atoms. The first kappa shape index (κ1) is 27.4. The lowest BCUT2D eigenvalue weighted by atomic mass is 9.62. The Hall–Kier alpha value is -2.19. The van der Waals surface area contributed by atoms with E-state index in [1.54, 1.807) is 22.0 Å². The standard InChI is InChI=1S/C27H42N2O6/c1-7-10-16-34-25(33)21-20-23(31)29(14-11-15-30)22(27(20)17-18(4)26(21,6)35-27)24(32)28(13-9-3)19(5)12-8-2/h7,9,18-22,30H,1,3,8,10-17H2,2,4-6H3/t18?,19?,20-,21-,22?,26+,27?/m0/s1. The molecule has 0 aliphatic carbocycles. The van der Waals surface area contributed by atoms with E-state index in [0.717, 1.165) is 12.8 Å². The van der Waals surface area contributed by atoms with Gasteiger partial charge in [-0.05, 0) is 45.4 Å². The predicted molar refractivity (Wildman–Crippen MR) is 132 cm³/mol. The number of amides is 2. The van der Waals surface area contributed by atoms with Gasteiger partial charge < -0.3 is 24.4 Å². The fraction of sp³-hybridized carbons (Fsp3) is 0.741. The van der Waals surface area contributed by atoms with Gasteiger partial charge in [-0.15, -0.1) is 13.2 Å². The van der Waals surface area contributed by atoms with Crippen LogP contribution in [-0.2, 0) is 23.9 Å². The molecule has 3 rings (SSSR count). The second-order valence-electron chi connectivity index (χ2n) is 10.5. The van der Waals surface area contributed by atoms with E-state index in [9.17, 15) is 19.5 Å². The van der Waals surface area contributed by atoms with Gasteiger partial charge in [0.2, 0.25) is 11.8 Å². The van der Waals surface area contributed by atoms with Crippen molar-refractivity contribution >= 4 is 17.8 Å². The summed E-state index contributed by atoms with van der Waals surface area (Å²) in [4.78, 5) is 44.8. The summed E-state index contributed by atoms with van der Waals surface area (Å²) in [5.74, 6) is -2.54. The van der Waals surface area contributed by atoms with Crippen molar-refractivity contribution in [3.05, 3.63) is 25.3 Å². The Morgan fingerprint density at radius 1 is 1.37 bits per heavy atom. The number of nitrogens with zero attached hydrogens (tertiary/aromatic N) is 2. The fourth-order valence-electron chi connectivity index (χ4n) is 6.55. The van der Waals surface area contributed by atoms with E-state index in [-0.39, 0.29) is 43.5 Å². The summed E-state index contributed by atoms with van der Waals surface area (Å²) in [7, 11) is 0. The van der Waals surface area contributed by atoms with E-state index >= 15 is 0 Å². The van der Waals surface area contributed by atoms with Gasteiger partial charge in [0, 0.05) is 25.7 Å². The molecule has 3 heterocycles. The summed E-state index contributed by atoms with van der Waals surface area (Å²) in [5, 5.41) is 9.51. The molecular weight excluding hydrogens is 448 g/mol. The van der Waals surface area contributed by atoms with Gasteiger partial charge in [-0.25, -0.2) is 0 Å². The van der Waals surface area contributed by atoms with E-state index < -0.39 is 35.0 Å². The minimum absolute atomic E-state index is 0.0398. The molecule has 35 heavy (non-hydrogen) atoms. The molecule has 0 aromatic carbocycles. The maximum Gasteiger partial charge on any atom is 0.312 e. The van der Waals surface area contributed by atoms with E-state index in [4.69, 9.17) is 9.47 Å². The number of carbonyl (C=O) groups excluding carboxylic acids is 3. The molecule has 196 valence electrons. The smallest absolute Gasteiger partial charge is 0.312 e. The molecule has 1 N–H and O–H groups in total. The maximum atomic E-state index is 14.2. The van der Waals surface area contributed by atoms with Crippen molar-refractivity contribution in [3.63, 3.8) is 0 Å². The lowest BCUT2D eigenvalue weighted by Gasteiger charge is -2.39. The van der Waals surface area contributed by atoms with Crippen LogP contribution in [0.4, 0.5) is 0 Å². The van der Waals surface area contributed by atoms with Crippen molar-refractivity contribution in [2.75, 3.05) is 26.3 Å². The van der Waals surface area contributed by atoms with Gasteiger partial charge in [0.05, 0.1) is 18.1 Å². The third-order valence-electron chi connectivity index (χ3n) is 8.27. The molecule has 0 aromatic rings. The highest BCUT2D eigenvalue weighted by atomic mass is 16.6. The number of hydrogen-bond donors (Lipinski definition) is 1. The summed E-state index contributed by atoms with van der Waals surface area (Å²) in [5.41, 5.74) is -2.00. The highest BCUT2D eigenvalue weighted by Gasteiger charge is 2.80. The largest absolute Gasteiger partial charge is 0.465 e. The number of carbonyl (C=O) groups is 3. The molecule has 3 aliphatic rings. The Balaban J connectivity index is 2.06. The molecule has 0 radical (unpaired) electrons. The van der Waals surface area contributed by atoms with Crippen LogP contribution in [0.25, 0.3) is 0 Å². The summed E-state index contributed by atoms with van der Waals surface area (Å²) in [6, 6.07) is -0.900. The minimum Gasteiger partial charge on any atom is -0.465 e. The second-order valence-corrected chi connectivity index (χ2v) is 10.5. The Bertz CT molecular complexity index is 846. The van der Waals surface area contributed by atoms with Crippen LogP contribution < -0.4 is 0 Å². The average molecular weight is 491 g/mol. The van der Waals surface area contributed by atoms with Crippen LogP contribution in [0.15, 0.2) is 25.3 Å². The molecule has 4 unspecified atom stereocenters. The number of fused-ring (bicyclic) bond motifs is 1. The summed E-state index contributed by atoms with van der Waals surface area (Å²) < 4.78 is 12.2. The van der Waals surface area contributed by atoms with E-state index in [2.05, 4.69) is 20.1 Å². The highest BCUT2D eigenvalue weighted by Crippen LogP contribution is 2.65. The Morgan fingerprint density at radius 2 is 2.09 bits per heavy atom. The lowest BCUT2D eigenvalue weighted by Crippen LogP contribution is -2.58. The monoisotopic (exact) mass is 490 g/mol. The first-order valence-electron chi connectivity index (χ1n) is 12.9. The van der Waals surface area contributed by atoms with Crippen molar-refractivity contribution in [2.24, 2.45) is 17.8 Å². The van der Waals surface area contributed by atoms with Gasteiger partial charge >= 0.3 is 5.97 Å². The first-order valence-corrected chi connectivity index (χ1v) is 12.9. The van der Waals surface area contributed by atoms with Crippen LogP contribution in [0.5, 0.6) is 0 Å². The zero-order valence-electron chi connectivity index (χ0n) is 21.7. The van der Waals surface area contributed by atoms with Crippen LogP contribution >= 0.6 is 0 Å². The third-order valence-corrected chi connectivity index (χ3v) is 8.27. The number of aliphatic hydroxyl groups excluding tert-OH is 1. The molecule has 2 bridgehead atoms. The van der Waals surface area contributed by atoms with E-state index in [0.29, 0.717) is 25.8 Å². The van der Waals surface area contributed by atoms with Gasteiger partial charge in [-0.3, -0.25) is 14.4 Å². The van der Waals surface area contributed by atoms with Crippen LogP contribution in [0.3, 0.4) is 0 Å². The van der Waals surface area contributed by atoms with Gasteiger partial charge in [0.15, 0.2) is 0 Å². The number of likely N-dealkylation sites (tertiary alicyclic amines) is 1. The number of ether oxygens (including phenoxy) is 2. The van der Waals surface area contributed by atoms with Gasteiger partial charge in [-0.2, -0.15) is 0 Å². The Kier molecular flexibility index (Phi) is 8.48. The Labute approximate surface area is 209 Å². The predicted octanol–water partition coefficient (Wildman–Crippen LogP) is 2.70. The summed E-state index contributed by atoms with van der Waals surface area (Å²) in [6.45, 7) is 16.1. The van der Waals surface area contributed by atoms with Crippen LogP contribution in [-0.4, -0.2) is 82.3 Å². The molecule has 3 saturated heterocycles. The number of hydrogen-bond acceptors (Lipinski definition) is 6. The van der Waals surface area contributed by atoms with Crippen molar-refractivity contribution in [1.82, 2.24) is 9.80 Å². The first-order chi connectivity index (χ1) is 16.6. The molecular formula is C27H42N2O6. The summed E-state index contributed by atoms with van der Waals surface area (Å²) >= 11 is 0. The SMILES string of the molecule is C=CCCOC(=O)[C@@H]1[C@H]2C(=O)N(CCCO)C(C(=O)N(CC=C)C(C)CCC)C23CC(C)[C@@]1(C)O3. The molecule has 8 nitrogen and oxygen atoms in total. The fourth-order valence-corrected chi connectivity index (χ4v) is 6.55. The van der Waals surface area contributed by atoms with Crippen molar-refractivity contribution < 1.29 is 29.0 Å². The number of esters is 1. The quantitative estimate of drug-likeness (QED) is 0.242. The highest BCUT2D eigenvalue weighted by molar-refractivity contribution is 5.98. The van der Waals surface area contributed by atoms with Crippen LogP contribution in [0.2, 0.25) is 0 Å². The lowest BCUT2D eigenvalue weighted by molar-refractivity contribution is -0.162. The zero-order valence-corrected chi connectivity index (χ0v) is 21.7. The molecule has 3 aliphatic heterocycles. The number of aliphatic hydroxyl groups is 1. The van der Waals surface area contributed by atoms with Crippen molar-refractivity contribution in [3.8, 4) is 0 Å². The second kappa shape index (κ2) is 10.8. The average Bonchev–Trinajstić information content (AvgIpc) is 3.32. The van der Waals surface area contributed by atoms with Crippen LogP contribution in [0, 0.1) is 17.8 Å². The minimum atomic E-state index is -1.11. The van der Waals surface area contributed by atoms with Crippen LogP contribution in [0.1, 0.15) is 59.8 Å². The van der Waals surface area contributed by atoms with Crippen molar-refractivity contribution in [2.45, 2.75) is 83.1 Å². The zero-order chi connectivity index (χ0) is 26.0. The van der Waals surface area contributed by atoms with E-state index in [1.807, 2.05) is 20.8 Å². The molecule has 2 amide bonds.